The van der Waals surface area contributed by atoms with E-state index in [4.69, 9.17) is 21.1 Å². The first-order valence-corrected chi connectivity index (χ1v) is 23.6. The summed E-state index contributed by atoms with van der Waals surface area (Å²) in [5, 5.41) is 10.2. The fourth-order valence-corrected chi connectivity index (χ4v) is 9.10. The summed E-state index contributed by atoms with van der Waals surface area (Å²) in [6.45, 7) is 8.48. The van der Waals surface area contributed by atoms with Crippen LogP contribution >= 0.6 is 11.6 Å². The second-order valence-corrected chi connectivity index (χ2v) is 20.3. The van der Waals surface area contributed by atoms with E-state index < -0.39 is 52.9 Å². The van der Waals surface area contributed by atoms with Gasteiger partial charge in [0.25, 0.3) is 20.2 Å². The number of hydrogen-bond acceptors (Lipinski definition) is 10. The Hall–Kier alpha value is -3.49. The van der Waals surface area contributed by atoms with E-state index in [2.05, 4.69) is 0 Å². The number of aromatic carboxylic acids is 1. The number of nitrogens with zero attached hydrogens (tertiary/aromatic N) is 3. The number of carbonyl (C=O) groups is 1. The average Bonchev–Trinajstić information content (AvgIpc) is 3.50. The van der Waals surface area contributed by atoms with Crippen LogP contribution in [0.3, 0.4) is 0 Å². The monoisotopic (exact) mass is 911 g/mol. The largest absolute Gasteiger partial charge is 1.00 e. The van der Waals surface area contributed by atoms with Crippen LogP contribution in [-0.4, -0.2) is 73.7 Å². The first kappa shape index (κ1) is 49.2. The first-order chi connectivity index (χ1) is 27.4. The second-order valence-electron chi connectivity index (χ2n) is 15.4. The van der Waals surface area contributed by atoms with Gasteiger partial charge in [-0.05, 0) is 110 Å². The number of anilines is 1. The number of unbranched alkanes of at least 4 members (excludes halogenated alkanes) is 2. The molecule has 0 atom stereocenters. The summed E-state index contributed by atoms with van der Waals surface area (Å²) in [7, 11) is -13.0. The van der Waals surface area contributed by atoms with Crippen LogP contribution in [0.25, 0.3) is 5.57 Å². The van der Waals surface area contributed by atoms with E-state index in [1.807, 2.05) is 55.4 Å². The van der Waals surface area contributed by atoms with Crippen LogP contribution in [0.2, 0.25) is 5.02 Å². The molecule has 0 aliphatic carbocycles. The van der Waals surface area contributed by atoms with Crippen molar-refractivity contribution in [1.82, 2.24) is 0 Å². The number of allylic oxidation sites excluding steroid dienone is 8. The van der Waals surface area contributed by atoms with Crippen molar-refractivity contribution in [2.45, 2.75) is 75.6 Å². The molecular formula is C41H47ClN3NaO11S3. The molecule has 0 unspecified atom stereocenters. The Balaban J connectivity index is 0.00000496. The van der Waals surface area contributed by atoms with Gasteiger partial charge < -0.3 is 16.0 Å². The number of aliphatic imine (C=N–C) groups is 1. The maximum Gasteiger partial charge on any atom is 1.00 e. The molecule has 14 nitrogen and oxygen atoms in total. The maximum atomic E-state index is 12.0. The van der Waals surface area contributed by atoms with Crippen molar-refractivity contribution in [3.63, 3.8) is 0 Å². The van der Waals surface area contributed by atoms with E-state index in [-0.39, 0.29) is 60.0 Å². The zero-order chi connectivity index (χ0) is 43.6. The molecule has 3 aromatic rings. The summed E-state index contributed by atoms with van der Waals surface area (Å²) in [5.74, 6) is -1.22. The minimum absolute atomic E-state index is 0. The Kier molecular flexibility index (Phi) is 15.8. The summed E-state index contributed by atoms with van der Waals surface area (Å²) in [4.78, 5) is 18.4. The fraction of sp³-hybridized carbons (Fsp3) is 0.341. The van der Waals surface area contributed by atoms with Gasteiger partial charge >= 0.3 is 41.3 Å². The van der Waals surface area contributed by atoms with Gasteiger partial charge in [0, 0.05) is 23.3 Å². The molecule has 60 heavy (non-hydrogen) atoms. The number of fused-ring (bicyclic) bond motifs is 2. The van der Waals surface area contributed by atoms with E-state index in [1.54, 1.807) is 54.8 Å². The number of hydrogen-bond donors (Lipinski definition) is 3. The number of carboxylic acid groups (broad SMARTS) is 1. The van der Waals surface area contributed by atoms with Crippen molar-refractivity contribution < 1.29 is 84.4 Å². The van der Waals surface area contributed by atoms with Crippen LogP contribution in [-0.2, 0) is 47.7 Å². The summed E-state index contributed by atoms with van der Waals surface area (Å²) >= 11 is 6.50. The summed E-state index contributed by atoms with van der Waals surface area (Å²) in [5.41, 5.74) is 3.42. The third kappa shape index (κ3) is 12.1. The van der Waals surface area contributed by atoms with E-state index in [1.165, 1.54) is 18.2 Å². The molecule has 1 aromatic heterocycles. The second kappa shape index (κ2) is 19.3. The summed E-state index contributed by atoms with van der Waals surface area (Å²) in [6.07, 6.45) is 13.8. The van der Waals surface area contributed by atoms with Gasteiger partial charge in [0.15, 0.2) is 5.71 Å². The molecule has 19 heteroatoms. The van der Waals surface area contributed by atoms with E-state index >= 15 is 0 Å². The van der Waals surface area contributed by atoms with Crippen LogP contribution in [0.4, 0.5) is 11.5 Å². The summed E-state index contributed by atoms with van der Waals surface area (Å²) in [6, 6.07) is 12.4. The van der Waals surface area contributed by atoms with Crippen molar-refractivity contribution in [3.05, 3.63) is 124 Å². The number of pyridine rings is 1. The molecule has 2 aromatic carbocycles. The Morgan fingerprint density at radius 2 is 1.53 bits per heavy atom. The molecule has 5 rings (SSSR count). The zero-order valence-corrected chi connectivity index (χ0v) is 39.1. The Morgan fingerprint density at radius 3 is 2.17 bits per heavy atom. The van der Waals surface area contributed by atoms with E-state index in [0.717, 1.165) is 11.3 Å². The zero-order valence-electron chi connectivity index (χ0n) is 34.9. The number of aromatic nitrogens is 1. The topological polar surface area (TPSA) is 223 Å². The molecule has 2 aliphatic heterocycles. The molecule has 0 amide bonds. The molecule has 3 N–H and O–H groups in total. The van der Waals surface area contributed by atoms with E-state index in [9.17, 15) is 44.3 Å². The van der Waals surface area contributed by atoms with Gasteiger partial charge in [-0.2, -0.15) is 16.8 Å². The Bertz CT molecular complexity index is 2660. The smallest absolute Gasteiger partial charge is 1.00 e. The molecule has 0 saturated heterocycles. The number of halogens is 1. The number of rotatable bonds is 17. The Labute approximate surface area is 380 Å². The molecule has 318 valence electrons. The fourth-order valence-electron chi connectivity index (χ4n) is 7.23. The standard InChI is InChI=1S/C41H46ClN3O11S3.Na.H/c1-40(2)34-25-31(42)27-44(20-5-7-22-57(48,49)50)38(34)43-36(40)16-10-12-28(29-14-9-15-30(24-29)39(46)47)13-11-17-37-41(3,4)33-26-32(59(54,55)56)18-19-35(33)45(37)21-6-8-23-58(51,52)53;;/h9-19,24-27H,5-8,20-23H2,1-4H3,(H3-,46,47,48,49,50,51,52,53,54,55,56);;/q;+1;-1. The van der Waals surface area contributed by atoms with Crippen molar-refractivity contribution >= 4 is 70.7 Å². The normalized spacial score (nSPS) is 16.9. The van der Waals surface area contributed by atoms with Crippen LogP contribution in [0.1, 0.15) is 81.9 Å². The van der Waals surface area contributed by atoms with Crippen molar-refractivity contribution in [2.75, 3.05) is 23.0 Å². The first-order valence-electron chi connectivity index (χ1n) is 18.6. The summed E-state index contributed by atoms with van der Waals surface area (Å²) < 4.78 is 101. The quantitative estimate of drug-likeness (QED) is 0.0577. The van der Waals surface area contributed by atoms with Crippen molar-refractivity contribution in [1.29, 1.82) is 0 Å². The molecule has 0 spiro atoms. The Morgan fingerprint density at radius 1 is 0.883 bits per heavy atom. The van der Waals surface area contributed by atoms with Gasteiger partial charge in [0.1, 0.15) is 16.3 Å². The van der Waals surface area contributed by atoms with E-state index in [0.29, 0.717) is 64.9 Å². The maximum absolute atomic E-state index is 12.0. The SMILES string of the molecule is CC1(C)C(=CC=CC(=CC=CC2=Nc3c(cc(Cl)c[n+]3CCCCS(=O)(=O)O)C2(C)C)c2cccc(C(=O)O)c2)N(CCCCS(=O)(=O)O)c2ccc(S(=O)(=O)[O-])cc21.[H-].[Na+]. The van der Waals surface area contributed by atoms with Gasteiger partial charge in [-0.25, -0.2) is 17.8 Å². The van der Waals surface area contributed by atoms with Gasteiger partial charge in [-0.15, -0.1) is 0 Å². The number of aryl methyl sites for hydroxylation is 1. The van der Waals surface area contributed by atoms with Gasteiger partial charge in [-0.1, -0.05) is 61.9 Å². The van der Waals surface area contributed by atoms with Crippen molar-refractivity contribution in [2.24, 2.45) is 4.99 Å². The van der Waals surface area contributed by atoms with Crippen LogP contribution < -0.4 is 39.0 Å². The molecule has 0 saturated carbocycles. The molecule has 0 radical (unpaired) electrons. The molecule has 0 fully saturated rings. The van der Waals surface area contributed by atoms with Crippen LogP contribution in [0.15, 0.2) is 107 Å². The third-order valence-electron chi connectivity index (χ3n) is 10.4. The third-order valence-corrected chi connectivity index (χ3v) is 13.0. The predicted octanol–water partition coefficient (Wildman–Crippen LogP) is 3.92. The molecule has 3 heterocycles. The minimum Gasteiger partial charge on any atom is -1.00 e. The van der Waals surface area contributed by atoms with Crippen LogP contribution in [0.5, 0.6) is 0 Å². The molecule has 0 bridgehead atoms. The number of benzene rings is 2. The van der Waals surface area contributed by atoms with Crippen LogP contribution in [0, 0.1) is 0 Å². The van der Waals surface area contributed by atoms with Gasteiger partial charge in [0.2, 0.25) is 0 Å². The minimum atomic E-state index is -4.76. The number of carboxylic acids is 1. The van der Waals surface area contributed by atoms with Crippen molar-refractivity contribution in [3.8, 4) is 0 Å². The predicted molar refractivity (Wildman–Crippen MR) is 227 cm³/mol. The average molecular weight is 912 g/mol. The van der Waals surface area contributed by atoms with Gasteiger partial charge in [0.05, 0.1) is 44.5 Å². The van der Waals surface area contributed by atoms with Gasteiger partial charge in [-0.3, -0.25) is 9.11 Å². The molecule has 2 aliphatic rings. The molecular weight excluding hydrogens is 865 g/mol.